The maximum absolute atomic E-state index is 13.0. The SMILES string of the molecule is CCC[C@@H](C)c1nc(N2CCN(C(=O)c3ccccc3Cl)CC2)c2cnn(-c3ccccc3)c2n1. The summed E-state index contributed by atoms with van der Waals surface area (Å²) in [4.78, 5) is 27.1. The van der Waals surface area contributed by atoms with E-state index in [1.165, 1.54) is 0 Å². The van der Waals surface area contributed by atoms with Gasteiger partial charge < -0.3 is 9.80 Å². The molecule has 0 unspecified atom stereocenters. The summed E-state index contributed by atoms with van der Waals surface area (Å²) in [6, 6.07) is 17.3. The quantitative estimate of drug-likeness (QED) is 0.366. The van der Waals surface area contributed by atoms with Gasteiger partial charge >= 0.3 is 0 Å². The van der Waals surface area contributed by atoms with Crippen LogP contribution in [-0.2, 0) is 0 Å². The second-order valence-corrected chi connectivity index (χ2v) is 9.39. The number of anilines is 1. The van der Waals surface area contributed by atoms with Crippen LogP contribution in [0.3, 0.4) is 0 Å². The first-order valence-electron chi connectivity index (χ1n) is 12.2. The molecule has 0 spiro atoms. The van der Waals surface area contributed by atoms with E-state index in [2.05, 4.69) is 23.8 Å². The minimum absolute atomic E-state index is 0.0303. The number of carbonyl (C=O) groups is 1. The number of piperazine rings is 1. The number of rotatable bonds is 6. The van der Waals surface area contributed by atoms with Crippen LogP contribution in [-0.4, -0.2) is 56.7 Å². The first-order valence-corrected chi connectivity index (χ1v) is 12.5. The molecular formula is C27H29ClN6O. The number of carbonyl (C=O) groups excluding carboxylic acids is 1. The van der Waals surface area contributed by atoms with Gasteiger partial charge in [0.1, 0.15) is 11.6 Å². The largest absolute Gasteiger partial charge is 0.352 e. The Kier molecular flexibility index (Phi) is 6.68. The third-order valence-electron chi connectivity index (χ3n) is 6.56. The minimum atomic E-state index is -0.0303. The summed E-state index contributed by atoms with van der Waals surface area (Å²) in [5.74, 6) is 1.93. The average molecular weight is 489 g/mol. The van der Waals surface area contributed by atoms with Crippen LogP contribution >= 0.6 is 11.6 Å². The third-order valence-corrected chi connectivity index (χ3v) is 6.89. The number of para-hydroxylation sites is 1. The number of hydrogen-bond donors (Lipinski definition) is 0. The normalized spacial score (nSPS) is 14.9. The van der Waals surface area contributed by atoms with Crippen LogP contribution in [0.5, 0.6) is 0 Å². The highest BCUT2D eigenvalue weighted by molar-refractivity contribution is 6.33. The van der Waals surface area contributed by atoms with Crippen LogP contribution in [0.4, 0.5) is 5.82 Å². The summed E-state index contributed by atoms with van der Waals surface area (Å²) < 4.78 is 1.89. The molecule has 0 bridgehead atoms. The van der Waals surface area contributed by atoms with Crippen LogP contribution in [0.2, 0.25) is 5.02 Å². The van der Waals surface area contributed by atoms with Crippen molar-refractivity contribution in [2.45, 2.75) is 32.6 Å². The number of amides is 1. The lowest BCUT2D eigenvalue weighted by Gasteiger charge is -2.36. The topological polar surface area (TPSA) is 67.2 Å². The lowest BCUT2D eigenvalue weighted by molar-refractivity contribution is 0.0747. The predicted molar refractivity (Wildman–Crippen MR) is 140 cm³/mol. The molecule has 1 atom stereocenters. The van der Waals surface area contributed by atoms with Crippen molar-refractivity contribution in [2.24, 2.45) is 0 Å². The van der Waals surface area contributed by atoms with Crippen LogP contribution < -0.4 is 4.90 Å². The van der Waals surface area contributed by atoms with Crippen molar-refractivity contribution >= 4 is 34.4 Å². The van der Waals surface area contributed by atoms with Crippen molar-refractivity contribution in [3.8, 4) is 5.69 Å². The molecule has 8 heteroatoms. The van der Waals surface area contributed by atoms with Crippen LogP contribution in [0, 0.1) is 0 Å². The summed E-state index contributed by atoms with van der Waals surface area (Å²) in [5.41, 5.74) is 2.33. The molecule has 2 aromatic heterocycles. The molecule has 35 heavy (non-hydrogen) atoms. The predicted octanol–water partition coefficient (Wildman–Crippen LogP) is 5.33. The zero-order valence-corrected chi connectivity index (χ0v) is 20.8. The Morgan fingerprint density at radius 2 is 1.71 bits per heavy atom. The van der Waals surface area contributed by atoms with E-state index >= 15 is 0 Å². The number of halogens is 1. The van der Waals surface area contributed by atoms with Crippen molar-refractivity contribution in [2.75, 3.05) is 31.1 Å². The Morgan fingerprint density at radius 3 is 2.43 bits per heavy atom. The standard InChI is InChI=1S/C27H29ClN6O/c1-3-9-19(2)24-30-25(22-18-29-34(26(22)31-24)20-10-5-4-6-11-20)32-14-16-33(17-15-32)27(35)21-12-7-8-13-23(21)28/h4-8,10-13,18-19H,3,9,14-17H2,1-2H3/t19-/m1/s1. The number of nitrogens with zero attached hydrogens (tertiary/aromatic N) is 6. The Bertz CT molecular complexity index is 1330. The highest BCUT2D eigenvalue weighted by atomic mass is 35.5. The van der Waals surface area contributed by atoms with Crippen molar-refractivity contribution in [3.63, 3.8) is 0 Å². The molecule has 1 saturated heterocycles. The Labute approximate surface area is 210 Å². The van der Waals surface area contributed by atoms with Crippen molar-refractivity contribution in [1.82, 2.24) is 24.6 Å². The lowest BCUT2D eigenvalue weighted by atomic mass is 10.1. The van der Waals surface area contributed by atoms with E-state index in [0.29, 0.717) is 36.8 Å². The second-order valence-electron chi connectivity index (χ2n) is 8.98. The van der Waals surface area contributed by atoms with Crippen molar-refractivity contribution in [3.05, 3.63) is 77.2 Å². The molecule has 0 radical (unpaired) electrons. The third kappa shape index (κ3) is 4.60. The molecule has 7 nitrogen and oxygen atoms in total. The number of fused-ring (bicyclic) bond motifs is 1. The Balaban J connectivity index is 1.46. The fourth-order valence-electron chi connectivity index (χ4n) is 4.62. The fourth-order valence-corrected chi connectivity index (χ4v) is 4.83. The first kappa shape index (κ1) is 23.3. The van der Waals surface area contributed by atoms with Gasteiger partial charge in [-0.05, 0) is 30.7 Å². The molecule has 0 saturated carbocycles. The maximum Gasteiger partial charge on any atom is 0.255 e. The zero-order chi connectivity index (χ0) is 24.4. The Morgan fingerprint density at radius 1 is 1.00 bits per heavy atom. The summed E-state index contributed by atoms with van der Waals surface area (Å²) in [6.07, 6.45) is 3.94. The van der Waals surface area contributed by atoms with E-state index < -0.39 is 0 Å². The van der Waals surface area contributed by atoms with E-state index in [0.717, 1.165) is 41.2 Å². The Hall–Kier alpha value is -3.45. The highest BCUT2D eigenvalue weighted by Crippen LogP contribution is 2.30. The van der Waals surface area contributed by atoms with Crippen LogP contribution in [0.1, 0.15) is 48.8 Å². The summed E-state index contributed by atoms with van der Waals surface area (Å²) >= 11 is 6.27. The summed E-state index contributed by atoms with van der Waals surface area (Å²) in [6.45, 7) is 6.92. The van der Waals surface area contributed by atoms with Crippen LogP contribution in [0.25, 0.3) is 16.7 Å². The molecule has 2 aromatic carbocycles. The molecule has 1 aliphatic heterocycles. The molecule has 5 rings (SSSR count). The van der Waals surface area contributed by atoms with Gasteiger partial charge in [-0.15, -0.1) is 0 Å². The molecule has 1 aliphatic rings. The minimum Gasteiger partial charge on any atom is -0.352 e. The average Bonchev–Trinajstić information content (AvgIpc) is 3.33. The van der Waals surface area contributed by atoms with Gasteiger partial charge in [-0.2, -0.15) is 5.10 Å². The number of benzene rings is 2. The molecule has 4 aromatic rings. The van der Waals surface area contributed by atoms with Gasteiger partial charge in [0.05, 0.1) is 27.9 Å². The number of aromatic nitrogens is 4. The molecule has 180 valence electrons. The van der Waals surface area contributed by atoms with Crippen molar-refractivity contribution < 1.29 is 4.79 Å². The monoisotopic (exact) mass is 488 g/mol. The van der Waals surface area contributed by atoms with Gasteiger partial charge in [-0.1, -0.05) is 62.2 Å². The highest BCUT2D eigenvalue weighted by Gasteiger charge is 2.27. The van der Waals surface area contributed by atoms with E-state index in [1.807, 2.05) is 58.2 Å². The van der Waals surface area contributed by atoms with E-state index in [-0.39, 0.29) is 11.8 Å². The molecule has 3 heterocycles. The summed E-state index contributed by atoms with van der Waals surface area (Å²) in [7, 11) is 0. The molecule has 0 aliphatic carbocycles. The summed E-state index contributed by atoms with van der Waals surface area (Å²) in [5, 5.41) is 6.08. The fraction of sp³-hybridized carbons (Fsp3) is 0.333. The van der Waals surface area contributed by atoms with E-state index in [9.17, 15) is 4.79 Å². The zero-order valence-electron chi connectivity index (χ0n) is 20.1. The van der Waals surface area contributed by atoms with Gasteiger partial charge in [0.2, 0.25) is 0 Å². The van der Waals surface area contributed by atoms with Gasteiger partial charge in [0, 0.05) is 32.1 Å². The van der Waals surface area contributed by atoms with E-state index in [1.54, 1.807) is 12.1 Å². The molecule has 1 fully saturated rings. The molecule has 0 N–H and O–H groups in total. The van der Waals surface area contributed by atoms with Gasteiger partial charge in [0.25, 0.3) is 5.91 Å². The lowest BCUT2D eigenvalue weighted by Crippen LogP contribution is -2.49. The molecule has 1 amide bonds. The number of hydrogen-bond acceptors (Lipinski definition) is 5. The first-order chi connectivity index (χ1) is 17.1. The van der Waals surface area contributed by atoms with Gasteiger partial charge in [-0.3, -0.25) is 4.79 Å². The second kappa shape index (κ2) is 10.0. The van der Waals surface area contributed by atoms with Gasteiger partial charge in [0.15, 0.2) is 5.65 Å². The molecular weight excluding hydrogens is 460 g/mol. The smallest absolute Gasteiger partial charge is 0.255 e. The maximum atomic E-state index is 13.0. The van der Waals surface area contributed by atoms with Crippen LogP contribution in [0.15, 0.2) is 60.8 Å². The van der Waals surface area contributed by atoms with E-state index in [4.69, 9.17) is 21.6 Å². The van der Waals surface area contributed by atoms with Crippen molar-refractivity contribution in [1.29, 1.82) is 0 Å². The van der Waals surface area contributed by atoms with Gasteiger partial charge in [-0.25, -0.2) is 14.6 Å².